The molecule has 4 rings (SSSR count). The molecule has 186 valence electrons. The molecular formula is C25H30FN5O4. The van der Waals surface area contributed by atoms with E-state index in [0.717, 1.165) is 43.0 Å². The van der Waals surface area contributed by atoms with Gasteiger partial charge in [-0.25, -0.2) is 15.3 Å². The van der Waals surface area contributed by atoms with E-state index < -0.39 is 11.7 Å². The third-order valence-electron chi connectivity index (χ3n) is 6.48. The van der Waals surface area contributed by atoms with Gasteiger partial charge >= 0.3 is 0 Å². The quantitative estimate of drug-likeness (QED) is 0.471. The highest BCUT2D eigenvalue weighted by molar-refractivity contribution is 6.04. The molecule has 0 saturated heterocycles. The number of hydrogen-bond donors (Lipinski definition) is 2. The molecule has 10 heteroatoms. The summed E-state index contributed by atoms with van der Waals surface area (Å²) in [4.78, 5) is 36.8. The molecule has 3 aromatic rings. The first-order chi connectivity index (χ1) is 16.9. The minimum absolute atomic E-state index is 0.0449. The lowest BCUT2D eigenvalue weighted by Gasteiger charge is -2.26. The Morgan fingerprint density at radius 2 is 1.97 bits per heavy atom. The normalized spacial score (nSPS) is 14.2. The van der Waals surface area contributed by atoms with Crippen LogP contribution in [0.25, 0.3) is 11.0 Å². The van der Waals surface area contributed by atoms with Gasteiger partial charge in [0.1, 0.15) is 0 Å². The number of hydrogen-bond acceptors (Lipinski definition) is 6. The van der Waals surface area contributed by atoms with Gasteiger partial charge in [-0.1, -0.05) is 19.3 Å². The molecule has 3 N–H and O–H groups in total. The summed E-state index contributed by atoms with van der Waals surface area (Å²) in [5.41, 5.74) is 2.18. The number of imidazole rings is 1. The van der Waals surface area contributed by atoms with Crippen LogP contribution in [0.3, 0.4) is 0 Å². The Balaban J connectivity index is 1.62. The lowest BCUT2D eigenvalue weighted by molar-refractivity contribution is -0.123. The SMILES string of the molecule is COc1ccc(C(=O)Nc2nc3cc(N(C)C(=O)C4CCCCC4)ccc3n2CCON)cc1F. The predicted octanol–water partition coefficient (Wildman–Crippen LogP) is 3.87. The zero-order valence-corrected chi connectivity index (χ0v) is 19.9. The van der Waals surface area contributed by atoms with Gasteiger partial charge in [-0.2, -0.15) is 0 Å². The molecule has 1 aliphatic carbocycles. The zero-order chi connectivity index (χ0) is 24.9. The van der Waals surface area contributed by atoms with Crippen LogP contribution in [0.4, 0.5) is 16.0 Å². The van der Waals surface area contributed by atoms with E-state index in [2.05, 4.69) is 10.3 Å². The van der Waals surface area contributed by atoms with Crippen molar-refractivity contribution in [3.05, 3.63) is 47.8 Å². The first-order valence-electron chi connectivity index (χ1n) is 11.7. The van der Waals surface area contributed by atoms with Gasteiger partial charge in [0, 0.05) is 24.2 Å². The van der Waals surface area contributed by atoms with Crippen molar-refractivity contribution in [1.82, 2.24) is 9.55 Å². The first kappa shape index (κ1) is 24.6. The van der Waals surface area contributed by atoms with E-state index in [9.17, 15) is 14.0 Å². The number of rotatable bonds is 8. The van der Waals surface area contributed by atoms with E-state index >= 15 is 0 Å². The van der Waals surface area contributed by atoms with Gasteiger partial charge < -0.3 is 19.0 Å². The lowest BCUT2D eigenvalue weighted by atomic mass is 9.88. The molecule has 1 heterocycles. The second-order valence-corrected chi connectivity index (χ2v) is 8.67. The van der Waals surface area contributed by atoms with Crippen LogP contribution in [0.15, 0.2) is 36.4 Å². The Morgan fingerprint density at radius 1 is 1.20 bits per heavy atom. The number of nitrogens with two attached hydrogens (primary N) is 1. The van der Waals surface area contributed by atoms with Gasteiger partial charge in [-0.15, -0.1) is 0 Å². The lowest BCUT2D eigenvalue weighted by Crippen LogP contribution is -2.33. The minimum Gasteiger partial charge on any atom is -0.494 e. The number of amides is 2. The number of nitrogens with one attached hydrogen (secondary N) is 1. The van der Waals surface area contributed by atoms with Gasteiger partial charge in [-0.3, -0.25) is 14.9 Å². The molecule has 1 saturated carbocycles. The first-order valence-corrected chi connectivity index (χ1v) is 11.7. The second-order valence-electron chi connectivity index (χ2n) is 8.67. The molecule has 2 amide bonds. The van der Waals surface area contributed by atoms with Crippen molar-refractivity contribution in [2.75, 3.05) is 31.0 Å². The highest BCUT2D eigenvalue weighted by Crippen LogP contribution is 2.29. The average Bonchev–Trinajstić information content (AvgIpc) is 3.22. The Morgan fingerprint density at radius 3 is 2.66 bits per heavy atom. The van der Waals surface area contributed by atoms with Gasteiger partial charge in [-0.05, 0) is 49.2 Å². The van der Waals surface area contributed by atoms with Crippen LogP contribution in [-0.2, 0) is 16.2 Å². The smallest absolute Gasteiger partial charge is 0.258 e. The number of aromatic nitrogens is 2. The predicted molar refractivity (Wildman–Crippen MR) is 131 cm³/mol. The van der Waals surface area contributed by atoms with E-state index in [-0.39, 0.29) is 35.7 Å². The summed E-state index contributed by atoms with van der Waals surface area (Å²) in [5.74, 6) is 4.52. The van der Waals surface area contributed by atoms with E-state index in [1.54, 1.807) is 16.5 Å². The van der Waals surface area contributed by atoms with E-state index in [1.165, 1.54) is 25.7 Å². The molecule has 0 bridgehead atoms. The fourth-order valence-electron chi connectivity index (χ4n) is 4.52. The summed E-state index contributed by atoms with van der Waals surface area (Å²) < 4.78 is 20.8. The Kier molecular flexibility index (Phi) is 7.62. The number of methoxy groups -OCH3 is 1. The Bertz CT molecular complexity index is 1220. The highest BCUT2D eigenvalue weighted by Gasteiger charge is 2.25. The highest BCUT2D eigenvalue weighted by atomic mass is 19.1. The minimum atomic E-state index is -0.638. The molecular weight excluding hydrogens is 453 g/mol. The number of nitrogens with zero attached hydrogens (tertiary/aromatic N) is 3. The van der Waals surface area contributed by atoms with Crippen molar-refractivity contribution < 1.29 is 23.6 Å². The summed E-state index contributed by atoms with van der Waals surface area (Å²) in [6.07, 6.45) is 5.18. The van der Waals surface area contributed by atoms with Crippen LogP contribution < -0.4 is 20.9 Å². The van der Waals surface area contributed by atoms with E-state index in [4.69, 9.17) is 15.5 Å². The molecule has 35 heavy (non-hydrogen) atoms. The molecule has 0 aliphatic heterocycles. The third kappa shape index (κ3) is 5.28. The largest absolute Gasteiger partial charge is 0.494 e. The molecule has 0 radical (unpaired) electrons. The van der Waals surface area contributed by atoms with Crippen LogP contribution in [0.1, 0.15) is 42.5 Å². The molecule has 0 spiro atoms. The van der Waals surface area contributed by atoms with Crippen molar-refractivity contribution >= 4 is 34.5 Å². The Hall–Kier alpha value is -3.50. The van der Waals surface area contributed by atoms with Gasteiger partial charge in [0.15, 0.2) is 11.6 Å². The average molecular weight is 484 g/mol. The van der Waals surface area contributed by atoms with Crippen molar-refractivity contribution in [3.63, 3.8) is 0 Å². The third-order valence-corrected chi connectivity index (χ3v) is 6.48. The molecule has 1 aliphatic rings. The number of ether oxygens (including phenoxy) is 1. The monoisotopic (exact) mass is 483 g/mol. The van der Waals surface area contributed by atoms with Gasteiger partial charge in [0.05, 0.1) is 31.3 Å². The summed E-state index contributed by atoms with van der Waals surface area (Å²) >= 11 is 0. The maximum atomic E-state index is 14.1. The van der Waals surface area contributed by atoms with Crippen molar-refractivity contribution in [2.24, 2.45) is 11.8 Å². The number of fused-ring (bicyclic) bond motifs is 1. The summed E-state index contributed by atoms with van der Waals surface area (Å²) in [6.45, 7) is 0.517. The fourth-order valence-corrected chi connectivity index (χ4v) is 4.52. The summed E-state index contributed by atoms with van der Waals surface area (Å²) in [6, 6.07) is 9.49. The van der Waals surface area contributed by atoms with Crippen molar-refractivity contribution in [2.45, 2.75) is 38.6 Å². The maximum Gasteiger partial charge on any atom is 0.258 e. The number of anilines is 2. The van der Waals surface area contributed by atoms with Crippen LogP contribution in [0.5, 0.6) is 5.75 Å². The van der Waals surface area contributed by atoms with E-state index in [0.29, 0.717) is 12.1 Å². The molecule has 0 atom stereocenters. The van der Waals surface area contributed by atoms with Crippen LogP contribution in [-0.4, -0.2) is 42.1 Å². The topological polar surface area (TPSA) is 112 Å². The number of carbonyl (C=O) groups excluding carboxylic acids is 2. The molecule has 1 aromatic heterocycles. The van der Waals surface area contributed by atoms with E-state index in [1.807, 2.05) is 18.2 Å². The van der Waals surface area contributed by atoms with Crippen molar-refractivity contribution in [3.8, 4) is 5.75 Å². The summed E-state index contributed by atoms with van der Waals surface area (Å²) in [7, 11) is 3.13. The fraction of sp³-hybridized carbons (Fsp3) is 0.400. The number of halogens is 1. The second kappa shape index (κ2) is 10.8. The summed E-state index contributed by atoms with van der Waals surface area (Å²) in [5, 5.41) is 2.74. The van der Waals surface area contributed by atoms with Crippen LogP contribution >= 0.6 is 0 Å². The van der Waals surface area contributed by atoms with Gasteiger partial charge in [0.2, 0.25) is 11.9 Å². The number of carbonyl (C=O) groups is 2. The standard InChI is InChI=1S/C25H30FN5O4/c1-30(24(33)16-6-4-3-5-7-16)18-9-10-21-20(15-18)28-25(31(21)12-13-35-27)29-23(32)17-8-11-22(34-2)19(26)14-17/h8-11,14-16H,3-7,12-13,27H2,1-2H3,(H,28,29,32). The van der Waals surface area contributed by atoms with Crippen LogP contribution in [0.2, 0.25) is 0 Å². The zero-order valence-electron chi connectivity index (χ0n) is 19.9. The van der Waals surface area contributed by atoms with Crippen LogP contribution in [0, 0.1) is 11.7 Å². The number of benzene rings is 2. The molecule has 0 unspecified atom stereocenters. The molecule has 9 nitrogen and oxygen atoms in total. The maximum absolute atomic E-state index is 14.1. The van der Waals surface area contributed by atoms with Crippen molar-refractivity contribution in [1.29, 1.82) is 0 Å². The molecule has 2 aromatic carbocycles. The van der Waals surface area contributed by atoms with Gasteiger partial charge in [0.25, 0.3) is 5.91 Å². The molecule has 1 fully saturated rings. The Labute approximate surface area is 203 Å².